The zero-order valence-corrected chi connectivity index (χ0v) is 12.5. The van der Waals surface area contributed by atoms with Gasteiger partial charge in [0.1, 0.15) is 0 Å². The third-order valence-corrected chi connectivity index (χ3v) is 4.25. The zero-order chi connectivity index (χ0) is 14.8. The average molecular weight is 276 g/mol. The lowest BCUT2D eigenvalue weighted by Crippen LogP contribution is -2.44. The van der Waals surface area contributed by atoms with Crippen LogP contribution < -0.4 is 11.1 Å². The molecule has 2 atom stereocenters. The minimum atomic E-state index is -0.557. The van der Waals surface area contributed by atoms with E-state index in [2.05, 4.69) is 5.32 Å². The Bertz CT molecular complexity index is 468. The summed E-state index contributed by atoms with van der Waals surface area (Å²) in [6, 6.07) is 7.73. The number of amides is 1. The molecule has 20 heavy (non-hydrogen) atoms. The number of ether oxygens (including phenoxy) is 1. The molecule has 2 unspecified atom stereocenters. The Labute approximate surface area is 120 Å². The van der Waals surface area contributed by atoms with Gasteiger partial charge in [-0.1, -0.05) is 12.1 Å². The summed E-state index contributed by atoms with van der Waals surface area (Å²) in [6.07, 6.45) is 3.19. The molecule has 0 spiro atoms. The highest BCUT2D eigenvalue weighted by Gasteiger charge is 2.33. The van der Waals surface area contributed by atoms with Gasteiger partial charge >= 0.3 is 0 Å². The first-order chi connectivity index (χ1) is 9.43. The van der Waals surface area contributed by atoms with Crippen molar-refractivity contribution in [3.63, 3.8) is 0 Å². The van der Waals surface area contributed by atoms with Gasteiger partial charge in [0.25, 0.3) is 0 Å². The van der Waals surface area contributed by atoms with Gasteiger partial charge in [-0.15, -0.1) is 0 Å². The summed E-state index contributed by atoms with van der Waals surface area (Å²) < 4.78 is 5.34. The van der Waals surface area contributed by atoms with Crippen LogP contribution in [0.3, 0.4) is 0 Å². The number of carbonyl (C=O) groups excluding carboxylic acids is 1. The largest absolute Gasteiger partial charge is 0.399 e. The summed E-state index contributed by atoms with van der Waals surface area (Å²) in [7, 11) is 1.73. The Morgan fingerprint density at radius 1 is 1.30 bits per heavy atom. The van der Waals surface area contributed by atoms with E-state index in [1.165, 1.54) is 0 Å². The lowest BCUT2D eigenvalue weighted by molar-refractivity contribution is -0.126. The SMILES string of the molecule is COC1CCC(NC(=O)C(C)(C)c2ccc(N)cc2)C1. The molecule has 1 aromatic rings. The summed E-state index contributed by atoms with van der Waals surface area (Å²) in [5, 5.41) is 3.15. The average Bonchev–Trinajstić information content (AvgIpc) is 2.87. The topological polar surface area (TPSA) is 64.3 Å². The van der Waals surface area contributed by atoms with Crippen LogP contribution in [0.4, 0.5) is 5.69 Å². The van der Waals surface area contributed by atoms with Crippen molar-refractivity contribution in [1.82, 2.24) is 5.32 Å². The third-order valence-electron chi connectivity index (χ3n) is 4.25. The molecule has 1 aliphatic carbocycles. The summed E-state index contributed by atoms with van der Waals surface area (Å²) >= 11 is 0. The molecule has 1 aliphatic rings. The number of nitrogens with two attached hydrogens (primary N) is 1. The van der Waals surface area contributed by atoms with Crippen LogP contribution in [0.25, 0.3) is 0 Å². The molecule has 0 bridgehead atoms. The highest BCUT2D eigenvalue weighted by Crippen LogP contribution is 2.27. The maximum Gasteiger partial charge on any atom is 0.230 e. The van der Waals surface area contributed by atoms with Crippen LogP contribution >= 0.6 is 0 Å². The normalized spacial score (nSPS) is 22.8. The molecule has 0 heterocycles. The number of nitrogen functional groups attached to an aromatic ring is 1. The highest BCUT2D eigenvalue weighted by atomic mass is 16.5. The van der Waals surface area contributed by atoms with Crippen molar-refractivity contribution in [3.05, 3.63) is 29.8 Å². The number of benzene rings is 1. The van der Waals surface area contributed by atoms with Crippen LogP contribution in [0, 0.1) is 0 Å². The Balaban J connectivity index is 2.02. The van der Waals surface area contributed by atoms with E-state index >= 15 is 0 Å². The molecule has 0 radical (unpaired) electrons. The fourth-order valence-electron chi connectivity index (χ4n) is 2.68. The van der Waals surface area contributed by atoms with Crippen molar-refractivity contribution >= 4 is 11.6 Å². The fraction of sp³-hybridized carbons (Fsp3) is 0.562. The second kappa shape index (κ2) is 5.83. The first kappa shape index (κ1) is 14.9. The van der Waals surface area contributed by atoms with Gasteiger partial charge in [0.05, 0.1) is 11.5 Å². The zero-order valence-electron chi connectivity index (χ0n) is 12.5. The molecule has 4 nitrogen and oxygen atoms in total. The van der Waals surface area contributed by atoms with E-state index in [-0.39, 0.29) is 18.1 Å². The second-order valence-electron chi connectivity index (χ2n) is 6.09. The van der Waals surface area contributed by atoms with Gasteiger partial charge in [0.15, 0.2) is 0 Å². The summed E-state index contributed by atoms with van der Waals surface area (Å²) in [5.41, 5.74) is 6.83. The van der Waals surface area contributed by atoms with Gasteiger partial charge in [-0.3, -0.25) is 4.79 Å². The van der Waals surface area contributed by atoms with Crippen molar-refractivity contribution in [1.29, 1.82) is 0 Å². The predicted molar refractivity (Wildman–Crippen MR) is 80.5 cm³/mol. The standard InChI is InChI=1S/C16H24N2O2/c1-16(2,11-4-6-12(17)7-5-11)15(19)18-13-8-9-14(10-13)20-3/h4-7,13-14H,8-10,17H2,1-3H3,(H,18,19). The second-order valence-corrected chi connectivity index (χ2v) is 6.09. The van der Waals surface area contributed by atoms with E-state index in [0.717, 1.165) is 24.8 Å². The number of rotatable bonds is 4. The van der Waals surface area contributed by atoms with Gasteiger partial charge in [0.2, 0.25) is 5.91 Å². The maximum absolute atomic E-state index is 12.5. The lowest BCUT2D eigenvalue weighted by Gasteiger charge is -2.26. The Morgan fingerprint density at radius 3 is 2.50 bits per heavy atom. The maximum atomic E-state index is 12.5. The molecule has 1 fully saturated rings. The smallest absolute Gasteiger partial charge is 0.230 e. The van der Waals surface area contributed by atoms with Crippen LogP contribution in [0.2, 0.25) is 0 Å². The molecule has 3 N–H and O–H groups in total. The van der Waals surface area contributed by atoms with Gasteiger partial charge in [-0.25, -0.2) is 0 Å². The molecule has 110 valence electrons. The van der Waals surface area contributed by atoms with E-state index in [0.29, 0.717) is 5.69 Å². The lowest BCUT2D eigenvalue weighted by atomic mass is 9.83. The molecule has 0 aliphatic heterocycles. The summed E-state index contributed by atoms with van der Waals surface area (Å²) in [6.45, 7) is 3.88. The van der Waals surface area contributed by atoms with Crippen LogP contribution in [-0.4, -0.2) is 25.2 Å². The number of anilines is 1. The molecule has 1 amide bonds. The molecule has 1 saturated carbocycles. The first-order valence-corrected chi connectivity index (χ1v) is 7.13. The van der Waals surface area contributed by atoms with Crippen LogP contribution in [0.1, 0.15) is 38.7 Å². The monoisotopic (exact) mass is 276 g/mol. The number of carbonyl (C=O) groups is 1. The minimum absolute atomic E-state index is 0.0593. The third kappa shape index (κ3) is 3.12. The number of methoxy groups -OCH3 is 1. The number of hydrogen-bond acceptors (Lipinski definition) is 3. The number of nitrogens with one attached hydrogen (secondary N) is 1. The van der Waals surface area contributed by atoms with Gasteiger partial charge in [0, 0.05) is 18.8 Å². The van der Waals surface area contributed by atoms with E-state index < -0.39 is 5.41 Å². The van der Waals surface area contributed by atoms with Gasteiger partial charge in [-0.2, -0.15) is 0 Å². The van der Waals surface area contributed by atoms with E-state index in [1.54, 1.807) is 7.11 Å². The first-order valence-electron chi connectivity index (χ1n) is 7.13. The van der Waals surface area contributed by atoms with Crippen LogP contribution in [0.15, 0.2) is 24.3 Å². The molecule has 1 aromatic carbocycles. The number of hydrogen-bond donors (Lipinski definition) is 2. The van der Waals surface area contributed by atoms with Crippen molar-refractivity contribution in [3.8, 4) is 0 Å². The van der Waals surface area contributed by atoms with Crippen molar-refractivity contribution in [2.45, 2.75) is 50.7 Å². The van der Waals surface area contributed by atoms with E-state index in [4.69, 9.17) is 10.5 Å². The summed E-state index contributed by atoms with van der Waals surface area (Å²) in [4.78, 5) is 12.5. The van der Waals surface area contributed by atoms with Crippen LogP contribution in [-0.2, 0) is 14.9 Å². The molecule has 0 aromatic heterocycles. The van der Waals surface area contributed by atoms with E-state index in [1.807, 2.05) is 38.1 Å². The molecule has 2 rings (SSSR count). The van der Waals surface area contributed by atoms with Crippen molar-refractivity contribution < 1.29 is 9.53 Å². The highest BCUT2D eigenvalue weighted by molar-refractivity contribution is 5.87. The molecular formula is C16H24N2O2. The summed E-state index contributed by atoms with van der Waals surface area (Å²) in [5.74, 6) is 0.0593. The molecule has 4 heteroatoms. The molecule has 0 saturated heterocycles. The Hall–Kier alpha value is -1.55. The fourth-order valence-corrected chi connectivity index (χ4v) is 2.68. The minimum Gasteiger partial charge on any atom is -0.399 e. The Morgan fingerprint density at radius 2 is 1.95 bits per heavy atom. The quantitative estimate of drug-likeness (QED) is 0.829. The van der Waals surface area contributed by atoms with Crippen molar-refractivity contribution in [2.75, 3.05) is 12.8 Å². The van der Waals surface area contributed by atoms with Gasteiger partial charge in [-0.05, 0) is 50.8 Å². The van der Waals surface area contributed by atoms with Gasteiger partial charge < -0.3 is 15.8 Å². The Kier molecular flexibility index (Phi) is 4.33. The molecular weight excluding hydrogens is 252 g/mol. The van der Waals surface area contributed by atoms with Crippen LogP contribution in [0.5, 0.6) is 0 Å². The van der Waals surface area contributed by atoms with E-state index in [9.17, 15) is 4.79 Å². The van der Waals surface area contributed by atoms with Crippen molar-refractivity contribution in [2.24, 2.45) is 0 Å². The predicted octanol–water partition coefficient (Wildman–Crippen LogP) is 2.23.